The normalized spacial score (nSPS) is 15.2. The van der Waals surface area contributed by atoms with Gasteiger partial charge in [-0.1, -0.05) is 24.3 Å². The molecule has 6 nitrogen and oxygen atoms in total. The van der Waals surface area contributed by atoms with Crippen molar-refractivity contribution in [1.82, 2.24) is 18.7 Å². The molecule has 1 aliphatic rings. The SMILES string of the molecule is CSCN=C1C(=N)C(c2ccccn2)=CC=C1c1ccc(-c2ccccn2)c2nsnc12. The summed E-state index contributed by atoms with van der Waals surface area (Å²) in [6, 6.07) is 15.6. The van der Waals surface area contributed by atoms with Crippen LogP contribution < -0.4 is 0 Å². The first-order valence-electron chi connectivity index (χ1n) is 9.91. The molecule has 4 aromatic rings. The van der Waals surface area contributed by atoms with Gasteiger partial charge in [-0.25, -0.2) is 0 Å². The number of thioether (sulfide) groups is 1. The minimum absolute atomic E-state index is 0.361. The molecule has 3 aromatic heterocycles. The van der Waals surface area contributed by atoms with E-state index in [1.807, 2.05) is 66.9 Å². The number of hydrogen-bond acceptors (Lipinski definition) is 8. The van der Waals surface area contributed by atoms with Crippen LogP contribution in [0.1, 0.15) is 11.3 Å². The first-order chi connectivity index (χ1) is 15.8. The van der Waals surface area contributed by atoms with Crippen LogP contribution in [0.15, 0.2) is 78.1 Å². The van der Waals surface area contributed by atoms with Crippen LogP contribution in [0.25, 0.3) is 33.4 Å². The van der Waals surface area contributed by atoms with E-state index in [0.29, 0.717) is 17.3 Å². The van der Waals surface area contributed by atoms with Crippen molar-refractivity contribution in [3.05, 3.63) is 84.3 Å². The molecule has 0 bridgehead atoms. The fraction of sp³-hybridized carbons (Fsp3) is 0.0833. The quantitative estimate of drug-likeness (QED) is 0.407. The second-order valence-electron chi connectivity index (χ2n) is 7.01. The Hall–Kier alpha value is -3.49. The summed E-state index contributed by atoms with van der Waals surface area (Å²) < 4.78 is 9.15. The first-order valence-corrected chi connectivity index (χ1v) is 12.0. The Morgan fingerprint density at radius 2 is 1.50 bits per heavy atom. The van der Waals surface area contributed by atoms with Gasteiger partial charge in [0.1, 0.15) is 11.0 Å². The third-order valence-electron chi connectivity index (χ3n) is 5.12. The monoisotopic (exact) mass is 454 g/mol. The van der Waals surface area contributed by atoms with Crippen LogP contribution in [0.4, 0.5) is 0 Å². The van der Waals surface area contributed by atoms with Crippen molar-refractivity contribution >= 4 is 57.1 Å². The molecule has 0 spiro atoms. The number of fused-ring (bicyclic) bond motifs is 1. The molecule has 156 valence electrons. The Morgan fingerprint density at radius 3 is 2.19 bits per heavy atom. The zero-order chi connectivity index (χ0) is 21.9. The van der Waals surface area contributed by atoms with Crippen molar-refractivity contribution in [3.63, 3.8) is 0 Å². The molecule has 0 fully saturated rings. The lowest BCUT2D eigenvalue weighted by Gasteiger charge is -2.19. The Kier molecular flexibility index (Phi) is 5.70. The van der Waals surface area contributed by atoms with Crippen LogP contribution >= 0.6 is 23.5 Å². The highest BCUT2D eigenvalue weighted by molar-refractivity contribution is 7.98. The predicted octanol–water partition coefficient (Wildman–Crippen LogP) is 5.41. The zero-order valence-corrected chi connectivity index (χ0v) is 18.8. The molecule has 0 aliphatic heterocycles. The Morgan fingerprint density at radius 1 is 0.844 bits per heavy atom. The van der Waals surface area contributed by atoms with Gasteiger partial charge in [-0.15, -0.1) is 11.8 Å². The molecule has 0 atom stereocenters. The number of pyridine rings is 2. The van der Waals surface area contributed by atoms with E-state index in [2.05, 4.69) is 18.7 Å². The number of rotatable bonds is 5. The van der Waals surface area contributed by atoms with Crippen LogP contribution in [-0.4, -0.2) is 42.3 Å². The number of aromatic nitrogens is 4. The Bertz CT molecular complexity index is 1390. The summed E-state index contributed by atoms with van der Waals surface area (Å²) in [5.74, 6) is 0.565. The summed E-state index contributed by atoms with van der Waals surface area (Å²) in [5, 5.41) is 8.91. The van der Waals surface area contributed by atoms with Gasteiger partial charge in [0.2, 0.25) is 0 Å². The van der Waals surface area contributed by atoms with Crippen molar-refractivity contribution in [2.75, 3.05) is 12.1 Å². The van der Waals surface area contributed by atoms with Gasteiger partial charge in [-0.2, -0.15) is 8.75 Å². The maximum atomic E-state index is 8.91. The Labute approximate surface area is 193 Å². The lowest BCUT2D eigenvalue weighted by molar-refractivity contribution is 1.28. The van der Waals surface area contributed by atoms with Crippen molar-refractivity contribution in [3.8, 4) is 11.3 Å². The number of hydrogen-bond donors (Lipinski definition) is 1. The van der Waals surface area contributed by atoms with Gasteiger partial charge in [0.25, 0.3) is 0 Å². The topological polar surface area (TPSA) is 87.8 Å². The second-order valence-corrected chi connectivity index (χ2v) is 8.38. The van der Waals surface area contributed by atoms with Crippen LogP contribution in [0, 0.1) is 5.41 Å². The lowest BCUT2D eigenvalue weighted by atomic mass is 9.87. The summed E-state index contributed by atoms with van der Waals surface area (Å²) in [6.07, 6.45) is 9.46. The van der Waals surface area contributed by atoms with Gasteiger partial charge in [-0.3, -0.25) is 20.4 Å². The maximum Gasteiger partial charge on any atom is 0.114 e. The molecule has 0 saturated heterocycles. The van der Waals surface area contributed by atoms with Gasteiger partial charge in [0.05, 0.1) is 40.4 Å². The smallest absolute Gasteiger partial charge is 0.114 e. The molecule has 0 radical (unpaired) electrons. The minimum atomic E-state index is 0.361. The van der Waals surface area contributed by atoms with Gasteiger partial charge in [-0.05, 0) is 42.7 Å². The highest BCUT2D eigenvalue weighted by Gasteiger charge is 2.26. The van der Waals surface area contributed by atoms with Gasteiger partial charge in [0, 0.05) is 34.7 Å². The van der Waals surface area contributed by atoms with Crippen molar-refractivity contribution in [2.24, 2.45) is 4.99 Å². The highest BCUT2D eigenvalue weighted by atomic mass is 32.2. The average Bonchev–Trinajstić information content (AvgIpc) is 3.34. The third kappa shape index (κ3) is 3.68. The summed E-state index contributed by atoms with van der Waals surface area (Å²) in [7, 11) is 0. The molecule has 0 saturated carbocycles. The zero-order valence-electron chi connectivity index (χ0n) is 17.2. The van der Waals surface area contributed by atoms with E-state index in [4.69, 9.17) is 10.4 Å². The van der Waals surface area contributed by atoms with E-state index in [0.717, 1.165) is 44.7 Å². The molecular weight excluding hydrogens is 436 g/mol. The second kappa shape index (κ2) is 8.94. The van der Waals surface area contributed by atoms with Crippen LogP contribution in [0.5, 0.6) is 0 Å². The maximum absolute atomic E-state index is 8.91. The van der Waals surface area contributed by atoms with E-state index < -0.39 is 0 Å². The van der Waals surface area contributed by atoms with E-state index in [1.165, 1.54) is 11.7 Å². The fourth-order valence-electron chi connectivity index (χ4n) is 3.65. The minimum Gasteiger partial charge on any atom is -0.298 e. The predicted molar refractivity (Wildman–Crippen MR) is 134 cm³/mol. The standard InChI is InChI=1S/C24H18N6S2/c1-31-14-28-22-15(8-10-17(21(22)25)19-6-2-4-12-26-19)16-9-11-18(20-7-3-5-13-27-20)24-23(16)29-32-30-24/h2-13,25H,14H2,1H3. The molecule has 3 heterocycles. The van der Waals surface area contributed by atoms with Crippen LogP contribution in [-0.2, 0) is 0 Å². The van der Waals surface area contributed by atoms with E-state index >= 15 is 0 Å². The van der Waals surface area contributed by atoms with E-state index in [-0.39, 0.29) is 0 Å². The number of allylic oxidation sites excluding steroid dienone is 4. The van der Waals surface area contributed by atoms with Gasteiger partial charge >= 0.3 is 0 Å². The molecular formula is C24H18N6S2. The first kappa shape index (κ1) is 20.4. The van der Waals surface area contributed by atoms with Crippen molar-refractivity contribution < 1.29 is 0 Å². The van der Waals surface area contributed by atoms with Crippen molar-refractivity contribution in [2.45, 2.75) is 0 Å². The molecule has 1 N–H and O–H groups in total. The number of benzene rings is 1. The third-order valence-corrected chi connectivity index (χ3v) is 6.03. The van der Waals surface area contributed by atoms with Crippen LogP contribution in [0.3, 0.4) is 0 Å². The summed E-state index contributed by atoms with van der Waals surface area (Å²) in [5.41, 5.74) is 7.70. The summed E-state index contributed by atoms with van der Waals surface area (Å²) >= 11 is 2.80. The largest absolute Gasteiger partial charge is 0.298 e. The van der Waals surface area contributed by atoms with E-state index in [1.54, 1.807) is 24.2 Å². The van der Waals surface area contributed by atoms with Gasteiger partial charge in [0.15, 0.2) is 0 Å². The summed E-state index contributed by atoms with van der Waals surface area (Å²) in [4.78, 5) is 13.7. The summed E-state index contributed by atoms with van der Waals surface area (Å²) in [6.45, 7) is 0. The Balaban J connectivity index is 1.67. The average molecular weight is 455 g/mol. The molecule has 5 rings (SSSR count). The molecule has 8 heteroatoms. The number of aliphatic imine (C=N–C) groups is 1. The van der Waals surface area contributed by atoms with Crippen molar-refractivity contribution in [1.29, 1.82) is 5.41 Å². The van der Waals surface area contributed by atoms with Crippen LogP contribution in [0.2, 0.25) is 0 Å². The molecule has 32 heavy (non-hydrogen) atoms. The number of nitrogens with zero attached hydrogens (tertiary/aromatic N) is 5. The fourth-order valence-corrected chi connectivity index (χ4v) is 4.48. The highest BCUT2D eigenvalue weighted by Crippen LogP contribution is 2.35. The molecule has 1 aliphatic carbocycles. The number of nitrogens with one attached hydrogen (secondary N) is 1. The van der Waals surface area contributed by atoms with E-state index in [9.17, 15) is 0 Å². The molecule has 0 unspecified atom stereocenters. The molecule has 1 aromatic carbocycles. The lowest BCUT2D eigenvalue weighted by Crippen LogP contribution is -2.21. The van der Waals surface area contributed by atoms with Gasteiger partial charge < -0.3 is 0 Å². The molecule has 0 amide bonds.